The Morgan fingerprint density at radius 2 is 1.48 bits per heavy atom. The molecular weight excluding hydrogens is 671 g/mol. The fourth-order valence-corrected chi connectivity index (χ4v) is 5.94. The summed E-state index contributed by atoms with van der Waals surface area (Å²) in [6.45, 7) is 12.9. The van der Waals surface area contributed by atoms with Crippen LogP contribution in [-0.4, -0.2) is 60.3 Å². The van der Waals surface area contributed by atoms with Crippen LogP contribution in [0.1, 0.15) is 26.7 Å². The number of piperidine rings is 1. The van der Waals surface area contributed by atoms with Crippen molar-refractivity contribution in [1.82, 2.24) is 14.9 Å². The largest absolute Gasteiger partial charge is 0.388 e. The molecule has 0 bridgehead atoms. The van der Waals surface area contributed by atoms with Crippen LogP contribution in [0.4, 0.5) is 22.9 Å². The minimum atomic E-state index is -0.231. The summed E-state index contributed by atoms with van der Waals surface area (Å²) in [7, 11) is 4.14. The highest BCUT2D eigenvalue weighted by molar-refractivity contribution is 5.99. The zero-order valence-corrected chi connectivity index (χ0v) is 31.7. The summed E-state index contributed by atoms with van der Waals surface area (Å²) >= 11 is 0. The summed E-state index contributed by atoms with van der Waals surface area (Å²) in [4.78, 5) is 31.9. The van der Waals surface area contributed by atoms with E-state index in [0.29, 0.717) is 18.1 Å². The van der Waals surface area contributed by atoms with Gasteiger partial charge in [-0.25, -0.2) is 4.98 Å². The fourth-order valence-electron chi connectivity index (χ4n) is 5.94. The van der Waals surface area contributed by atoms with Crippen LogP contribution in [0.2, 0.25) is 0 Å². The highest BCUT2D eigenvalue weighted by Crippen LogP contribution is 2.30. The summed E-state index contributed by atoms with van der Waals surface area (Å²) in [6, 6.07) is 34.9. The van der Waals surface area contributed by atoms with Gasteiger partial charge < -0.3 is 26.6 Å². The highest BCUT2D eigenvalue weighted by atomic mass is 16.1. The van der Waals surface area contributed by atoms with Crippen LogP contribution < -0.4 is 21.7 Å². The number of likely N-dealkylation sites (tertiary alicyclic amines) is 1. The minimum absolute atomic E-state index is 0.231. The first-order valence-corrected chi connectivity index (χ1v) is 18.2. The topological polar surface area (TPSA) is 125 Å². The Balaban J connectivity index is 0.000000213. The molecule has 9 nitrogen and oxygen atoms in total. The molecule has 0 saturated carbocycles. The van der Waals surface area contributed by atoms with Crippen LogP contribution in [0.5, 0.6) is 0 Å². The molecular formula is C45H51N7O2. The van der Waals surface area contributed by atoms with Crippen molar-refractivity contribution in [2.75, 3.05) is 48.9 Å². The number of nitrogens with zero attached hydrogens (tertiary/aromatic N) is 3. The number of aromatic nitrogens is 2. The summed E-state index contributed by atoms with van der Waals surface area (Å²) in [6.07, 6.45) is 7.44. The fraction of sp³-hybridized carbons (Fsp3) is 0.200. The summed E-state index contributed by atoms with van der Waals surface area (Å²) in [5.41, 5.74) is 13.8. The van der Waals surface area contributed by atoms with Gasteiger partial charge in [-0.3, -0.25) is 14.6 Å². The van der Waals surface area contributed by atoms with Gasteiger partial charge in [-0.15, -0.1) is 0 Å². The average Bonchev–Trinajstić information content (AvgIpc) is 3.22. The van der Waals surface area contributed by atoms with E-state index in [-0.39, 0.29) is 5.91 Å². The molecule has 7 rings (SSSR count). The maximum absolute atomic E-state index is 11.4. The van der Waals surface area contributed by atoms with E-state index in [4.69, 9.17) is 10.5 Å². The Labute approximate surface area is 319 Å². The Morgan fingerprint density at radius 1 is 0.833 bits per heavy atom. The molecule has 0 aliphatic carbocycles. The van der Waals surface area contributed by atoms with Crippen molar-refractivity contribution in [3.8, 4) is 22.4 Å². The molecule has 6 aromatic rings. The lowest BCUT2D eigenvalue weighted by Gasteiger charge is -2.30. The van der Waals surface area contributed by atoms with Gasteiger partial charge in [0.25, 0.3) is 0 Å². The van der Waals surface area contributed by atoms with E-state index >= 15 is 0 Å². The zero-order valence-electron chi connectivity index (χ0n) is 31.7. The Bertz CT molecular complexity index is 2170. The number of carbonyl (C=O) groups is 2. The molecule has 1 amide bonds. The molecule has 2 aromatic heterocycles. The van der Waals surface area contributed by atoms with Gasteiger partial charge in [0.05, 0.1) is 11.2 Å². The number of nitrogen functional groups attached to an aromatic ring is 1. The Morgan fingerprint density at radius 3 is 2.19 bits per heavy atom. The Kier molecular flexibility index (Phi) is 15.5. The first kappa shape index (κ1) is 40.5. The second kappa shape index (κ2) is 20.7. The highest BCUT2D eigenvalue weighted by Gasteiger charge is 2.17. The number of carbonyl (C=O) groups excluding carboxylic acids is 2. The predicted octanol–water partition coefficient (Wildman–Crippen LogP) is 9.46. The van der Waals surface area contributed by atoms with Crippen molar-refractivity contribution in [1.29, 1.82) is 0 Å². The van der Waals surface area contributed by atoms with Crippen LogP contribution in [0.3, 0.4) is 0 Å². The molecule has 9 heteroatoms. The molecule has 0 unspecified atom stereocenters. The number of anilines is 4. The number of allylic oxidation sites excluding steroid dienone is 1. The van der Waals surface area contributed by atoms with E-state index in [1.54, 1.807) is 6.07 Å². The maximum Gasteiger partial charge on any atom is 0.247 e. The second-order valence-electron chi connectivity index (χ2n) is 12.4. The van der Waals surface area contributed by atoms with Gasteiger partial charge in [-0.2, -0.15) is 0 Å². The smallest absolute Gasteiger partial charge is 0.247 e. The van der Waals surface area contributed by atoms with E-state index in [9.17, 15) is 4.79 Å². The van der Waals surface area contributed by atoms with Gasteiger partial charge in [-0.05, 0) is 111 Å². The number of hydrogen-bond donors (Lipinski definition) is 4. The second-order valence-corrected chi connectivity index (χ2v) is 12.4. The number of hydrogen-bond acceptors (Lipinski definition) is 8. The summed E-state index contributed by atoms with van der Waals surface area (Å²) in [5.74, 6) is 0.266. The first-order valence-electron chi connectivity index (χ1n) is 18.2. The van der Waals surface area contributed by atoms with Gasteiger partial charge in [0.15, 0.2) is 0 Å². The van der Waals surface area contributed by atoms with Crippen molar-refractivity contribution >= 4 is 56.7 Å². The van der Waals surface area contributed by atoms with Crippen LogP contribution in [0, 0.1) is 0 Å². The predicted molar refractivity (Wildman–Crippen MR) is 229 cm³/mol. The van der Waals surface area contributed by atoms with Gasteiger partial charge >= 0.3 is 0 Å². The van der Waals surface area contributed by atoms with Crippen LogP contribution >= 0.6 is 0 Å². The van der Waals surface area contributed by atoms with Gasteiger partial charge in [-0.1, -0.05) is 75.5 Å². The van der Waals surface area contributed by atoms with E-state index < -0.39 is 0 Å². The lowest BCUT2D eigenvalue weighted by atomic mass is 10.0. The molecule has 0 spiro atoms. The molecule has 4 aromatic carbocycles. The third kappa shape index (κ3) is 11.3. The third-order valence-corrected chi connectivity index (χ3v) is 8.75. The quantitative estimate of drug-likeness (QED) is 0.0905. The number of rotatable bonds is 8. The lowest BCUT2D eigenvalue weighted by Crippen LogP contribution is -2.36. The minimum Gasteiger partial charge on any atom is -0.388 e. The molecule has 278 valence electrons. The van der Waals surface area contributed by atoms with Gasteiger partial charge in [0.2, 0.25) is 5.91 Å². The molecule has 1 saturated heterocycles. The molecule has 1 fully saturated rings. The number of benzene rings is 4. The van der Waals surface area contributed by atoms with Crippen LogP contribution in [-0.2, 0) is 9.59 Å². The zero-order chi connectivity index (χ0) is 38.9. The standard InChI is InChI=1S/C22H26N4.C18H15N3O.C3H4O.C2H6/c1-23-19-7-3-5-16(13-19)22-14-20-17(15-24-22)6-4-8-21(20)25-18-9-11-26(2)12-10-18;1-2-18(22)20-15-5-3-4-13(10-15)14-7-6-12-8-9-17(19)21-16(12)11-14;1-2-3-4;1-2/h3-8,13-15,18,23,25H,9-12H2,1-2H3;2-11H,1H2,(H2,19,21)(H,20,22);2-3H,1H2;1-2H3. The molecule has 54 heavy (non-hydrogen) atoms. The molecule has 1 aliphatic heterocycles. The lowest BCUT2D eigenvalue weighted by molar-refractivity contribution is -0.112. The van der Waals surface area contributed by atoms with E-state index in [2.05, 4.69) is 99.6 Å². The molecule has 1 aliphatic rings. The van der Waals surface area contributed by atoms with Crippen molar-refractivity contribution in [3.05, 3.63) is 135 Å². The monoisotopic (exact) mass is 721 g/mol. The normalized spacial score (nSPS) is 12.4. The summed E-state index contributed by atoms with van der Waals surface area (Å²) < 4.78 is 0. The number of fused-ring (bicyclic) bond motifs is 2. The maximum atomic E-state index is 11.4. The third-order valence-electron chi connectivity index (χ3n) is 8.75. The van der Waals surface area contributed by atoms with Crippen LogP contribution in [0.15, 0.2) is 135 Å². The SMILES string of the molecule is C=CC(=O)Nc1cccc(-c2ccc3ccc(N)nc3c2)c1.C=CC=O.CC.CNc1cccc(-c2cc3c(NC4CCN(C)CC4)cccc3cn2)c1. The van der Waals surface area contributed by atoms with Crippen molar-refractivity contribution in [3.63, 3.8) is 0 Å². The van der Waals surface area contributed by atoms with Gasteiger partial charge in [0, 0.05) is 58.1 Å². The number of nitrogens with two attached hydrogens (primary N) is 1. The number of amides is 1. The molecule has 3 heterocycles. The van der Waals surface area contributed by atoms with Crippen molar-refractivity contribution in [2.45, 2.75) is 32.7 Å². The number of nitrogens with one attached hydrogen (secondary N) is 3. The average molecular weight is 722 g/mol. The van der Waals surface area contributed by atoms with Crippen molar-refractivity contribution < 1.29 is 9.59 Å². The first-order chi connectivity index (χ1) is 26.3. The molecule has 5 N–H and O–H groups in total. The Hall–Kier alpha value is -6.32. The van der Waals surface area contributed by atoms with E-state index in [1.807, 2.05) is 75.6 Å². The van der Waals surface area contributed by atoms with Crippen molar-refractivity contribution in [2.24, 2.45) is 0 Å². The van der Waals surface area contributed by atoms with E-state index in [1.165, 1.54) is 41.5 Å². The number of aldehydes is 1. The van der Waals surface area contributed by atoms with Crippen LogP contribution in [0.25, 0.3) is 44.1 Å². The van der Waals surface area contributed by atoms with E-state index in [0.717, 1.165) is 57.8 Å². The summed E-state index contributed by atoms with van der Waals surface area (Å²) in [5, 5.41) is 13.2. The number of pyridine rings is 2. The molecule has 0 atom stereocenters. The van der Waals surface area contributed by atoms with Gasteiger partial charge in [0.1, 0.15) is 12.1 Å². The molecule has 0 radical (unpaired) electrons.